The van der Waals surface area contributed by atoms with Gasteiger partial charge in [-0.05, 0) is 60.6 Å². The second-order valence-electron chi connectivity index (χ2n) is 9.35. The molecule has 0 aromatic heterocycles. The quantitative estimate of drug-likeness (QED) is 0.274. The van der Waals surface area contributed by atoms with Gasteiger partial charge in [0.15, 0.2) is 0 Å². The third-order valence-electron chi connectivity index (χ3n) is 7.10. The minimum absolute atomic E-state index is 0.216. The van der Waals surface area contributed by atoms with Crippen LogP contribution < -0.4 is 0 Å². The van der Waals surface area contributed by atoms with E-state index in [1.165, 1.54) is 60.4 Å². The number of hydrogen-bond donors (Lipinski definition) is 0. The fourth-order valence-corrected chi connectivity index (χ4v) is 5.43. The number of allylic oxidation sites excluding steroid dienone is 2. The lowest BCUT2D eigenvalue weighted by Gasteiger charge is -2.51. The highest BCUT2D eigenvalue weighted by Gasteiger charge is 2.43. The topological polar surface area (TPSA) is 26.3 Å². The predicted molar refractivity (Wildman–Crippen MR) is 124 cm³/mol. The van der Waals surface area contributed by atoms with Gasteiger partial charge in [0.05, 0.1) is 26.2 Å². The molecule has 3 atom stereocenters. The molecule has 0 amide bonds. The van der Waals surface area contributed by atoms with Gasteiger partial charge in [-0.15, -0.1) is 0 Å². The number of benzene rings is 2. The first kappa shape index (κ1) is 20.9. The molecule has 2 heterocycles. The van der Waals surface area contributed by atoms with Gasteiger partial charge in [0.2, 0.25) is 0 Å². The van der Waals surface area contributed by atoms with E-state index in [2.05, 4.69) is 55.6 Å². The highest BCUT2D eigenvalue weighted by Crippen LogP contribution is 2.36. The Labute approximate surface area is 180 Å². The Kier molecular flexibility index (Phi) is 6.38. The molecule has 0 N–H and O–H groups in total. The van der Waals surface area contributed by atoms with E-state index >= 15 is 0 Å². The van der Waals surface area contributed by atoms with Gasteiger partial charge in [0.25, 0.3) is 0 Å². The monoisotopic (exact) mass is 404 g/mol. The standard InChI is InChI=1S/C27H34NO2/c1-21(12-13-22-14-15-23-8-3-4-9-24(23)19-22)18-27(29)30-20-25-10-7-17-28(2)16-6-5-11-26(25)28/h3-4,8-9,12-15,18-19,25-26H,5-7,10-11,16-17,20H2,1-2H3/q+1/b13-12+,21-18+/t25-,26+,28?/m1/s1. The Bertz CT molecular complexity index is 956. The second kappa shape index (κ2) is 9.18. The molecule has 1 unspecified atom stereocenters. The first-order valence-corrected chi connectivity index (χ1v) is 11.4. The molecular formula is C27H34NO2+. The van der Waals surface area contributed by atoms with E-state index in [4.69, 9.17) is 4.74 Å². The smallest absolute Gasteiger partial charge is 0.331 e. The number of piperidine rings is 2. The molecule has 0 aliphatic carbocycles. The first-order valence-electron chi connectivity index (χ1n) is 11.4. The van der Waals surface area contributed by atoms with Crippen LogP contribution in [0.5, 0.6) is 0 Å². The average Bonchev–Trinajstić information content (AvgIpc) is 2.75. The van der Waals surface area contributed by atoms with Crippen molar-refractivity contribution in [2.75, 3.05) is 26.7 Å². The molecule has 2 saturated heterocycles. The predicted octanol–water partition coefficient (Wildman–Crippen LogP) is 5.75. The van der Waals surface area contributed by atoms with Crippen LogP contribution in [0, 0.1) is 5.92 Å². The molecule has 2 aliphatic heterocycles. The number of carbonyl (C=O) groups is 1. The van der Waals surface area contributed by atoms with Crippen molar-refractivity contribution in [1.82, 2.24) is 0 Å². The lowest BCUT2D eigenvalue weighted by molar-refractivity contribution is -0.947. The molecule has 0 radical (unpaired) electrons. The number of esters is 1. The Morgan fingerprint density at radius 3 is 2.73 bits per heavy atom. The van der Waals surface area contributed by atoms with Crippen molar-refractivity contribution in [3.8, 4) is 0 Å². The zero-order valence-corrected chi connectivity index (χ0v) is 18.3. The van der Waals surface area contributed by atoms with Gasteiger partial charge in [-0.3, -0.25) is 0 Å². The summed E-state index contributed by atoms with van der Waals surface area (Å²) in [5.74, 6) is 0.293. The van der Waals surface area contributed by atoms with Crippen LogP contribution in [0.1, 0.15) is 44.6 Å². The van der Waals surface area contributed by atoms with Gasteiger partial charge in [0.1, 0.15) is 6.61 Å². The molecule has 158 valence electrons. The summed E-state index contributed by atoms with van der Waals surface area (Å²) in [6, 6.07) is 15.4. The van der Waals surface area contributed by atoms with E-state index in [9.17, 15) is 4.79 Å². The molecule has 2 fully saturated rings. The van der Waals surface area contributed by atoms with E-state index in [-0.39, 0.29) is 5.97 Å². The van der Waals surface area contributed by atoms with Crippen LogP contribution in [0.25, 0.3) is 16.8 Å². The third kappa shape index (κ3) is 4.84. The molecule has 30 heavy (non-hydrogen) atoms. The summed E-state index contributed by atoms with van der Waals surface area (Å²) in [5.41, 5.74) is 2.04. The summed E-state index contributed by atoms with van der Waals surface area (Å²) in [6.07, 6.45) is 12.0. The maximum absolute atomic E-state index is 12.4. The van der Waals surface area contributed by atoms with Crippen LogP contribution in [0.2, 0.25) is 0 Å². The highest BCUT2D eigenvalue weighted by atomic mass is 16.5. The van der Waals surface area contributed by atoms with Gasteiger partial charge in [-0.1, -0.05) is 48.6 Å². The fourth-order valence-electron chi connectivity index (χ4n) is 5.43. The highest BCUT2D eigenvalue weighted by molar-refractivity contribution is 5.85. The summed E-state index contributed by atoms with van der Waals surface area (Å²) in [6.45, 7) is 5.09. The number of quaternary nitrogens is 1. The lowest BCUT2D eigenvalue weighted by atomic mass is 9.82. The summed E-state index contributed by atoms with van der Waals surface area (Å²) in [5, 5.41) is 2.46. The van der Waals surface area contributed by atoms with Crippen LogP contribution in [-0.2, 0) is 9.53 Å². The Balaban J connectivity index is 1.33. The van der Waals surface area contributed by atoms with Gasteiger partial charge in [-0.25, -0.2) is 4.79 Å². The molecule has 2 aliphatic rings. The maximum Gasteiger partial charge on any atom is 0.331 e. The minimum atomic E-state index is -0.216. The van der Waals surface area contributed by atoms with Crippen LogP contribution in [0.4, 0.5) is 0 Å². The molecule has 3 heteroatoms. The molecule has 4 rings (SSSR count). The van der Waals surface area contributed by atoms with Crippen molar-refractivity contribution in [2.45, 2.75) is 45.1 Å². The van der Waals surface area contributed by atoms with Crippen LogP contribution >= 0.6 is 0 Å². The van der Waals surface area contributed by atoms with Crippen molar-refractivity contribution in [3.05, 3.63) is 65.8 Å². The molecule has 3 nitrogen and oxygen atoms in total. The van der Waals surface area contributed by atoms with Crippen LogP contribution in [-0.4, -0.2) is 43.2 Å². The zero-order chi connectivity index (χ0) is 21.0. The van der Waals surface area contributed by atoms with Gasteiger partial charge < -0.3 is 9.22 Å². The van der Waals surface area contributed by atoms with Crippen molar-refractivity contribution in [2.24, 2.45) is 5.92 Å². The summed E-state index contributed by atoms with van der Waals surface area (Å²) in [7, 11) is 2.40. The second-order valence-corrected chi connectivity index (χ2v) is 9.35. The van der Waals surface area contributed by atoms with Crippen LogP contribution in [0.3, 0.4) is 0 Å². The molecule has 2 aromatic carbocycles. The van der Waals surface area contributed by atoms with E-state index in [1.807, 2.05) is 13.0 Å². The number of hydrogen-bond acceptors (Lipinski definition) is 2. The van der Waals surface area contributed by atoms with Crippen molar-refractivity contribution in [3.63, 3.8) is 0 Å². The summed E-state index contributed by atoms with van der Waals surface area (Å²) >= 11 is 0. The van der Waals surface area contributed by atoms with E-state index in [0.29, 0.717) is 18.6 Å². The number of nitrogens with zero attached hydrogens (tertiary/aromatic N) is 1. The SMILES string of the molecule is CC(/C=C/c1ccc2ccccc2c1)=C\C(=O)OC[C@H]1CCC[N+]2(C)CCCC[C@@H]12. The number of rotatable bonds is 5. The van der Waals surface area contributed by atoms with Crippen molar-refractivity contribution in [1.29, 1.82) is 0 Å². The normalized spacial score (nSPS) is 27.2. The molecule has 0 spiro atoms. The van der Waals surface area contributed by atoms with Crippen LogP contribution in [0.15, 0.2) is 60.2 Å². The minimum Gasteiger partial charge on any atom is -0.462 e. The molecule has 0 bridgehead atoms. The first-order chi connectivity index (χ1) is 14.5. The summed E-state index contributed by atoms with van der Waals surface area (Å²) in [4.78, 5) is 12.4. The van der Waals surface area contributed by atoms with Gasteiger partial charge >= 0.3 is 5.97 Å². The van der Waals surface area contributed by atoms with Crippen molar-refractivity contribution >= 4 is 22.8 Å². The largest absolute Gasteiger partial charge is 0.462 e. The zero-order valence-electron chi connectivity index (χ0n) is 18.3. The molecular weight excluding hydrogens is 370 g/mol. The maximum atomic E-state index is 12.4. The molecule has 0 saturated carbocycles. The average molecular weight is 405 g/mol. The van der Waals surface area contributed by atoms with E-state index < -0.39 is 0 Å². The Morgan fingerprint density at radius 1 is 1.07 bits per heavy atom. The van der Waals surface area contributed by atoms with Gasteiger partial charge in [-0.2, -0.15) is 0 Å². The lowest BCUT2D eigenvalue weighted by Crippen LogP contribution is -2.61. The summed E-state index contributed by atoms with van der Waals surface area (Å²) < 4.78 is 6.88. The van der Waals surface area contributed by atoms with Crippen molar-refractivity contribution < 1.29 is 14.0 Å². The third-order valence-corrected chi connectivity index (χ3v) is 7.10. The number of carbonyl (C=O) groups excluding carboxylic acids is 1. The Hall–Kier alpha value is -2.39. The van der Waals surface area contributed by atoms with E-state index in [0.717, 1.165) is 11.1 Å². The number of fused-ring (bicyclic) bond motifs is 2. The molecule has 2 aromatic rings. The fraction of sp³-hybridized carbons (Fsp3) is 0.444. The number of ether oxygens (including phenoxy) is 1. The van der Waals surface area contributed by atoms with Gasteiger partial charge in [0, 0.05) is 18.4 Å². The Morgan fingerprint density at radius 2 is 1.87 bits per heavy atom. The van der Waals surface area contributed by atoms with E-state index in [1.54, 1.807) is 6.08 Å².